The fourth-order valence-corrected chi connectivity index (χ4v) is 0.640. The maximum absolute atomic E-state index is 4.98. The van der Waals surface area contributed by atoms with Crippen molar-refractivity contribution >= 4 is 0 Å². The van der Waals surface area contributed by atoms with Gasteiger partial charge in [0.05, 0.1) is 12.0 Å². The third-order valence-corrected chi connectivity index (χ3v) is 0.837. The van der Waals surface area contributed by atoms with Gasteiger partial charge in [-0.15, -0.1) is 0 Å². The Balaban J connectivity index is 3.68. The monoisotopic (exact) mass is 126 g/mol. The molecule has 0 radical (unpaired) electrons. The van der Waals surface area contributed by atoms with Crippen LogP contribution < -0.4 is 0 Å². The lowest BCUT2D eigenvalue weighted by Gasteiger charge is -1.99. The highest BCUT2D eigenvalue weighted by Crippen LogP contribution is 2.02. The zero-order valence-corrected chi connectivity index (χ0v) is 6.35. The van der Waals surface area contributed by atoms with E-state index in [4.69, 9.17) is 4.74 Å². The van der Waals surface area contributed by atoms with Gasteiger partial charge in [0.2, 0.25) is 0 Å². The Morgan fingerprint density at radius 3 is 2.44 bits per heavy atom. The quantitative estimate of drug-likeness (QED) is 0.528. The summed E-state index contributed by atoms with van der Waals surface area (Å²) in [6.45, 7) is 9.58. The molecule has 0 fully saturated rings. The maximum atomic E-state index is 4.98. The molecule has 0 bridgehead atoms. The standard InChI is InChI=1S/C8H14O/c1-5-9-8(4)6-7(2)3/h5-7H,1H2,2-4H3/b8-6-. The summed E-state index contributed by atoms with van der Waals surface area (Å²) in [5.74, 6) is 1.46. The second-order valence-electron chi connectivity index (χ2n) is 2.31. The second kappa shape index (κ2) is 4.19. The predicted molar refractivity (Wildman–Crippen MR) is 39.9 cm³/mol. The number of rotatable bonds is 3. The van der Waals surface area contributed by atoms with Crippen LogP contribution in [0.3, 0.4) is 0 Å². The van der Waals surface area contributed by atoms with Gasteiger partial charge >= 0.3 is 0 Å². The topological polar surface area (TPSA) is 9.23 Å². The van der Waals surface area contributed by atoms with Crippen molar-refractivity contribution < 1.29 is 4.74 Å². The first-order valence-corrected chi connectivity index (χ1v) is 3.12. The van der Waals surface area contributed by atoms with E-state index < -0.39 is 0 Å². The van der Waals surface area contributed by atoms with Crippen molar-refractivity contribution in [1.29, 1.82) is 0 Å². The third kappa shape index (κ3) is 5.15. The Morgan fingerprint density at radius 2 is 2.11 bits per heavy atom. The SMILES string of the molecule is C=CO/C(C)=C\C(C)C. The van der Waals surface area contributed by atoms with Gasteiger partial charge in [0.25, 0.3) is 0 Å². The molecule has 0 amide bonds. The molecule has 0 aromatic rings. The molecule has 0 heterocycles. The zero-order chi connectivity index (χ0) is 7.28. The van der Waals surface area contributed by atoms with Crippen molar-refractivity contribution in [2.24, 2.45) is 5.92 Å². The van der Waals surface area contributed by atoms with Crippen LogP contribution in [0.15, 0.2) is 24.7 Å². The van der Waals surface area contributed by atoms with Gasteiger partial charge < -0.3 is 4.74 Å². The summed E-state index contributed by atoms with van der Waals surface area (Å²) < 4.78 is 4.98. The summed E-state index contributed by atoms with van der Waals surface area (Å²) in [6.07, 6.45) is 3.48. The van der Waals surface area contributed by atoms with E-state index in [0.717, 1.165) is 5.76 Å². The van der Waals surface area contributed by atoms with Crippen LogP contribution in [0.4, 0.5) is 0 Å². The summed E-state index contributed by atoms with van der Waals surface area (Å²) in [4.78, 5) is 0. The van der Waals surface area contributed by atoms with Crippen molar-refractivity contribution in [2.45, 2.75) is 20.8 Å². The normalized spacial score (nSPS) is 11.8. The van der Waals surface area contributed by atoms with Crippen LogP contribution >= 0.6 is 0 Å². The largest absolute Gasteiger partial charge is 0.471 e. The van der Waals surface area contributed by atoms with E-state index in [0.29, 0.717) is 5.92 Å². The number of ether oxygens (including phenoxy) is 1. The summed E-state index contributed by atoms with van der Waals surface area (Å²) >= 11 is 0. The highest BCUT2D eigenvalue weighted by Gasteiger charge is 1.88. The van der Waals surface area contributed by atoms with Gasteiger partial charge in [-0.25, -0.2) is 0 Å². The molecular formula is C8H14O. The van der Waals surface area contributed by atoms with E-state index in [1.54, 1.807) is 0 Å². The number of allylic oxidation sites excluding steroid dienone is 2. The molecule has 0 rings (SSSR count). The summed E-state index contributed by atoms with van der Waals surface area (Å²) in [5, 5.41) is 0. The molecule has 9 heavy (non-hydrogen) atoms. The Hall–Kier alpha value is -0.720. The lowest BCUT2D eigenvalue weighted by Crippen LogP contribution is -1.83. The molecule has 0 unspecified atom stereocenters. The van der Waals surface area contributed by atoms with Crippen LogP contribution in [0.1, 0.15) is 20.8 Å². The van der Waals surface area contributed by atoms with Gasteiger partial charge in [0.15, 0.2) is 0 Å². The van der Waals surface area contributed by atoms with Gasteiger partial charge in [-0.3, -0.25) is 0 Å². The molecule has 0 aliphatic heterocycles. The lowest BCUT2D eigenvalue weighted by atomic mass is 10.2. The molecule has 0 aliphatic rings. The van der Waals surface area contributed by atoms with Crippen LogP contribution in [0.25, 0.3) is 0 Å². The first-order chi connectivity index (χ1) is 4.16. The van der Waals surface area contributed by atoms with E-state index in [1.165, 1.54) is 6.26 Å². The first kappa shape index (κ1) is 8.28. The molecule has 0 aromatic carbocycles. The average molecular weight is 126 g/mol. The van der Waals surface area contributed by atoms with Crippen LogP contribution in [0.2, 0.25) is 0 Å². The van der Waals surface area contributed by atoms with E-state index in [2.05, 4.69) is 20.4 Å². The van der Waals surface area contributed by atoms with Crippen molar-refractivity contribution in [3.8, 4) is 0 Å². The van der Waals surface area contributed by atoms with Crippen LogP contribution in [0, 0.1) is 5.92 Å². The van der Waals surface area contributed by atoms with E-state index >= 15 is 0 Å². The van der Waals surface area contributed by atoms with E-state index in [-0.39, 0.29) is 0 Å². The van der Waals surface area contributed by atoms with E-state index in [9.17, 15) is 0 Å². The molecule has 1 heteroatoms. The summed E-state index contributed by atoms with van der Waals surface area (Å²) in [7, 11) is 0. The smallest absolute Gasteiger partial charge is 0.0963 e. The minimum absolute atomic E-state index is 0.546. The first-order valence-electron chi connectivity index (χ1n) is 3.12. The number of hydrogen-bond acceptors (Lipinski definition) is 1. The van der Waals surface area contributed by atoms with Crippen LogP contribution in [-0.2, 0) is 4.74 Å². The lowest BCUT2D eigenvalue weighted by molar-refractivity contribution is 0.350. The number of hydrogen-bond donors (Lipinski definition) is 0. The molecule has 1 nitrogen and oxygen atoms in total. The maximum Gasteiger partial charge on any atom is 0.0963 e. The van der Waals surface area contributed by atoms with Crippen LogP contribution in [-0.4, -0.2) is 0 Å². The summed E-state index contributed by atoms with van der Waals surface area (Å²) in [5.41, 5.74) is 0. The van der Waals surface area contributed by atoms with Crippen molar-refractivity contribution in [3.05, 3.63) is 24.7 Å². The molecule has 0 aliphatic carbocycles. The van der Waals surface area contributed by atoms with Gasteiger partial charge in [0, 0.05) is 0 Å². The van der Waals surface area contributed by atoms with Gasteiger partial charge in [-0.2, -0.15) is 0 Å². The molecule has 0 saturated heterocycles. The minimum Gasteiger partial charge on any atom is -0.471 e. The van der Waals surface area contributed by atoms with Gasteiger partial charge in [-0.1, -0.05) is 20.4 Å². The Bertz CT molecular complexity index is 112. The predicted octanol–water partition coefficient (Wildman–Crippen LogP) is 2.71. The minimum atomic E-state index is 0.546. The van der Waals surface area contributed by atoms with Crippen molar-refractivity contribution in [3.63, 3.8) is 0 Å². The molecule has 0 saturated carbocycles. The Kier molecular flexibility index (Phi) is 3.85. The summed E-state index contributed by atoms with van der Waals surface area (Å²) in [6, 6.07) is 0. The molecule has 0 N–H and O–H groups in total. The third-order valence-electron chi connectivity index (χ3n) is 0.837. The van der Waals surface area contributed by atoms with Crippen molar-refractivity contribution in [2.75, 3.05) is 0 Å². The van der Waals surface area contributed by atoms with Gasteiger partial charge in [0.1, 0.15) is 0 Å². The second-order valence-corrected chi connectivity index (χ2v) is 2.31. The highest BCUT2D eigenvalue weighted by atomic mass is 16.5. The van der Waals surface area contributed by atoms with E-state index in [1.807, 2.05) is 13.0 Å². The van der Waals surface area contributed by atoms with Crippen LogP contribution in [0.5, 0.6) is 0 Å². The Labute approximate surface area is 57.0 Å². The molecule has 0 atom stereocenters. The average Bonchev–Trinajstić information content (AvgIpc) is 1.63. The highest BCUT2D eigenvalue weighted by molar-refractivity contribution is 4.91. The molecular weight excluding hydrogens is 112 g/mol. The fourth-order valence-electron chi connectivity index (χ4n) is 0.640. The zero-order valence-electron chi connectivity index (χ0n) is 6.35. The van der Waals surface area contributed by atoms with Crippen molar-refractivity contribution in [1.82, 2.24) is 0 Å². The van der Waals surface area contributed by atoms with Gasteiger partial charge in [-0.05, 0) is 18.9 Å². The molecule has 0 spiro atoms. The Morgan fingerprint density at radius 1 is 1.56 bits per heavy atom. The molecule has 0 aromatic heterocycles. The fraction of sp³-hybridized carbons (Fsp3) is 0.500. The molecule has 52 valence electrons.